The molecule has 1 unspecified atom stereocenters. The zero-order chi connectivity index (χ0) is 12.1. The summed E-state index contributed by atoms with van der Waals surface area (Å²) >= 11 is 0. The van der Waals surface area contributed by atoms with E-state index in [0.29, 0.717) is 0 Å². The maximum Gasteiger partial charge on any atom is 0.0352 e. The van der Waals surface area contributed by atoms with Gasteiger partial charge in [-0.1, -0.05) is 52.8 Å². The first-order valence-corrected chi connectivity index (χ1v) is 6.11. The van der Waals surface area contributed by atoms with Gasteiger partial charge >= 0.3 is 0 Å². The molecule has 1 heteroatoms. The van der Waals surface area contributed by atoms with Gasteiger partial charge in [-0.15, -0.1) is 0 Å². The van der Waals surface area contributed by atoms with Crippen LogP contribution in [-0.4, -0.2) is 0 Å². The summed E-state index contributed by atoms with van der Waals surface area (Å²) in [5.41, 5.74) is 10.9. The summed E-state index contributed by atoms with van der Waals surface area (Å²) in [6.45, 7) is 11.3. The summed E-state index contributed by atoms with van der Waals surface area (Å²) < 4.78 is 0. The number of fused-ring (bicyclic) bond motifs is 1. The van der Waals surface area contributed by atoms with Gasteiger partial charge in [0.25, 0.3) is 0 Å². The van der Waals surface area contributed by atoms with Crippen molar-refractivity contribution in [2.75, 3.05) is 0 Å². The lowest BCUT2D eigenvalue weighted by molar-refractivity contribution is 0.319. The van der Waals surface area contributed by atoms with Crippen LogP contribution in [0.3, 0.4) is 0 Å². The van der Waals surface area contributed by atoms with E-state index in [1.165, 1.54) is 16.7 Å². The number of hydrogen-bond donors (Lipinski definition) is 1. The topological polar surface area (TPSA) is 26.0 Å². The van der Waals surface area contributed by atoms with Crippen LogP contribution in [0, 0.1) is 5.41 Å². The molecule has 1 atom stereocenters. The Morgan fingerprint density at radius 1 is 1.25 bits per heavy atom. The SMILES string of the molecule is CC(C)(C)c1ccc2c(c1)C(N)C(C)(C)C2. The van der Waals surface area contributed by atoms with Crippen LogP contribution in [0.4, 0.5) is 0 Å². The average molecular weight is 217 g/mol. The molecule has 0 saturated carbocycles. The first kappa shape index (κ1) is 11.7. The predicted octanol–water partition coefficient (Wildman–Crippen LogP) is 3.57. The molecule has 0 bridgehead atoms. The van der Waals surface area contributed by atoms with Crippen molar-refractivity contribution in [3.63, 3.8) is 0 Å². The lowest BCUT2D eigenvalue weighted by atomic mass is 9.84. The lowest BCUT2D eigenvalue weighted by Gasteiger charge is -2.24. The average Bonchev–Trinajstić information content (AvgIpc) is 2.36. The Morgan fingerprint density at radius 2 is 1.88 bits per heavy atom. The summed E-state index contributed by atoms with van der Waals surface area (Å²) in [6, 6.07) is 7.02. The van der Waals surface area contributed by atoms with Crippen LogP contribution < -0.4 is 5.73 Å². The third kappa shape index (κ3) is 1.78. The van der Waals surface area contributed by atoms with Gasteiger partial charge in [-0.2, -0.15) is 0 Å². The van der Waals surface area contributed by atoms with Gasteiger partial charge in [0.15, 0.2) is 0 Å². The number of rotatable bonds is 0. The molecule has 1 aromatic rings. The minimum absolute atomic E-state index is 0.185. The monoisotopic (exact) mass is 217 g/mol. The van der Waals surface area contributed by atoms with Crippen molar-refractivity contribution in [1.29, 1.82) is 0 Å². The molecule has 0 aliphatic heterocycles. The van der Waals surface area contributed by atoms with Crippen LogP contribution in [0.25, 0.3) is 0 Å². The van der Waals surface area contributed by atoms with E-state index in [9.17, 15) is 0 Å². The number of hydrogen-bond acceptors (Lipinski definition) is 1. The highest BCUT2D eigenvalue weighted by molar-refractivity contribution is 5.42. The Balaban J connectivity index is 2.47. The fraction of sp³-hybridized carbons (Fsp3) is 0.600. The Labute approximate surface area is 99.0 Å². The number of benzene rings is 1. The molecule has 2 N–H and O–H groups in total. The molecule has 0 heterocycles. The third-order valence-corrected chi connectivity index (χ3v) is 3.83. The van der Waals surface area contributed by atoms with Gasteiger partial charge < -0.3 is 5.73 Å². The molecule has 0 radical (unpaired) electrons. The second-order valence-corrected chi connectivity index (χ2v) is 6.81. The van der Waals surface area contributed by atoms with Crippen LogP contribution in [0.15, 0.2) is 18.2 Å². The molecule has 0 aromatic heterocycles. The van der Waals surface area contributed by atoms with Crippen molar-refractivity contribution in [2.24, 2.45) is 11.1 Å². The highest BCUT2D eigenvalue weighted by Gasteiger charge is 2.36. The molecular formula is C15H23N. The Morgan fingerprint density at radius 3 is 2.44 bits per heavy atom. The fourth-order valence-corrected chi connectivity index (χ4v) is 2.53. The molecule has 1 nitrogen and oxygen atoms in total. The number of nitrogens with two attached hydrogens (primary N) is 1. The van der Waals surface area contributed by atoms with E-state index in [0.717, 1.165) is 6.42 Å². The van der Waals surface area contributed by atoms with Crippen LogP contribution in [-0.2, 0) is 11.8 Å². The first-order valence-electron chi connectivity index (χ1n) is 6.11. The van der Waals surface area contributed by atoms with Crippen molar-refractivity contribution < 1.29 is 0 Å². The Kier molecular flexibility index (Phi) is 2.43. The molecular weight excluding hydrogens is 194 g/mol. The van der Waals surface area contributed by atoms with Crippen LogP contribution >= 0.6 is 0 Å². The van der Waals surface area contributed by atoms with Crippen molar-refractivity contribution >= 4 is 0 Å². The third-order valence-electron chi connectivity index (χ3n) is 3.83. The van der Waals surface area contributed by atoms with E-state index in [1.807, 2.05) is 0 Å². The van der Waals surface area contributed by atoms with Crippen molar-refractivity contribution in [3.8, 4) is 0 Å². The second kappa shape index (κ2) is 3.33. The molecule has 16 heavy (non-hydrogen) atoms. The summed E-state index contributed by atoms with van der Waals surface area (Å²) in [5, 5.41) is 0. The highest BCUT2D eigenvalue weighted by Crippen LogP contribution is 2.44. The minimum Gasteiger partial charge on any atom is -0.323 e. The van der Waals surface area contributed by atoms with Crippen LogP contribution in [0.1, 0.15) is 57.4 Å². The largest absolute Gasteiger partial charge is 0.323 e. The van der Waals surface area contributed by atoms with E-state index >= 15 is 0 Å². The summed E-state index contributed by atoms with van der Waals surface area (Å²) in [7, 11) is 0. The molecule has 1 aromatic carbocycles. The lowest BCUT2D eigenvalue weighted by Crippen LogP contribution is -2.25. The Bertz CT molecular complexity index is 410. The molecule has 1 aliphatic carbocycles. The zero-order valence-corrected chi connectivity index (χ0v) is 11.1. The van der Waals surface area contributed by atoms with E-state index in [-0.39, 0.29) is 16.9 Å². The van der Waals surface area contributed by atoms with Crippen molar-refractivity contribution in [2.45, 2.75) is 52.5 Å². The standard InChI is InChI=1S/C15H23N/c1-14(2,3)11-7-6-10-9-15(4,5)13(16)12(10)8-11/h6-8,13H,9,16H2,1-5H3. The summed E-state index contributed by atoms with van der Waals surface area (Å²) in [4.78, 5) is 0. The predicted molar refractivity (Wildman–Crippen MR) is 69.6 cm³/mol. The van der Waals surface area contributed by atoms with Crippen LogP contribution in [0.5, 0.6) is 0 Å². The van der Waals surface area contributed by atoms with Crippen molar-refractivity contribution in [1.82, 2.24) is 0 Å². The summed E-state index contributed by atoms with van der Waals surface area (Å²) in [6.07, 6.45) is 1.11. The van der Waals surface area contributed by atoms with Gasteiger partial charge in [0, 0.05) is 6.04 Å². The highest BCUT2D eigenvalue weighted by atomic mass is 14.7. The van der Waals surface area contributed by atoms with Gasteiger partial charge in [0.05, 0.1) is 0 Å². The quantitative estimate of drug-likeness (QED) is 0.706. The normalized spacial score (nSPS) is 23.2. The van der Waals surface area contributed by atoms with Gasteiger partial charge in [-0.3, -0.25) is 0 Å². The minimum atomic E-state index is 0.185. The molecule has 88 valence electrons. The maximum absolute atomic E-state index is 6.34. The van der Waals surface area contributed by atoms with E-state index < -0.39 is 0 Å². The molecule has 0 amide bonds. The van der Waals surface area contributed by atoms with E-state index in [1.54, 1.807) is 0 Å². The summed E-state index contributed by atoms with van der Waals surface area (Å²) in [5.74, 6) is 0. The molecule has 0 saturated heterocycles. The fourth-order valence-electron chi connectivity index (χ4n) is 2.53. The van der Waals surface area contributed by atoms with Crippen LogP contribution in [0.2, 0.25) is 0 Å². The van der Waals surface area contributed by atoms with E-state index in [2.05, 4.69) is 52.8 Å². The maximum atomic E-state index is 6.34. The molecule has 0 fully saturated rings. The molecule has 0 spiro atoms. The van der Waals surface area contributed by atoms with Gasteiger partial charge in [0.2, 0.25) is 0 Å². The first-order chi connectivity index (χ1) is 7.22. The van der Waals surface area contributed by atoms with E-state index in [4.69, 9.17) is 5.73 Å². The van der Waals surface area contributed by atoms with Crippen molar-refractivity contribution in [3.05, 3.63) is 34.9 Å². The van der Waals surface area contributed by atoms with Gasteiger partial charge in [-0.05, 0) is 33.9 Å². The zero-order valence-electron chi connectivity index (χ0n) is 11.1. The smallest absolute Gasteiger partial charge is 0.0352 e. The van der Waals surface area contributed by atoms with Gasteiger partial charge in [0.1, 0.15) is 0 Å². The Hall–Kier alpha value is -0.820. The van der Waals surface area contributed by atoms with Gasteiger partial charge in [-0.25, -0.2) is 0 Å². The second-order valence-electron chi connectivity index (χ2n) is 6.81. The molecule has 2 rings (SSSR count). The molecule has 1 aliphatic rings.